The number of thiazole rings is 1. The molecule has 1 heterocycles. The minimum atomic E-state index is -0.808. The number of carboxylic acids is 1. The number of hydrogen-bond acceptors (Lipinski definition) is 6. The van der Waals surface area contributed by atoms with Crippen LogP contribution in [0.4, 0.5) is 15.8 Å². The molecular formula is C17H22N4O3S. The van der Waals surface area contributed by atoms with Crippen LogP contribution in [0.3, 0.4) is 0 Å². The van der Waals surface area contributed by atoms with Crippen molar-refractivity contribution in [3.05, 3.63) is 36.0 Å². The maximum Gasteiger partial charge on any atom is 0.303 e. The lowest BCUT2D eigenvalue weighted by Gasteiger charge is -2.12. The number of aliphatic carboxylic acids is 1. The van der Waals surface area contributed by atoms with Gasteiger partial charge in [0.05, 0.1) is 12.6 Å². The highest BCUT2D eigenvalue weighted by atomic mass is 32.1. The molecule has 0 aliphatic carbocycles. The van der Waals surface area contributed by atoms with Crippen molar-refractivity contribution in [3.8, 4) is 0 Å². The Hall–Kier alpha value is -2.61. The van der Waals surface area contributed by atoms with E-state index >= 15 is 0 Å². The highest BCUT2D eigenvalue weighted by Gasteiger charge is 2.08. The molecule has 1 aromatic heterocycles. The average molecular weight is 362 g/mol. The summed E-state index contributed by atoms with van der Waals surface area (Å²) in [7, 11) is 3.94. The summed E-state index contributed by atoms with van der Waals surface area (Å²) in [4.78, 5) is 28.7. The molecule has 0 aliphatic rings. The molecule has 3 N–H and O–H groups in total. The Morgan fingerprint density at radius 1 is 1.24 bits per heavy atom. The van der Waals surface area contributed by atoms with E-state index < -0.39 is 5.97 Å². The monoisotopic (exact) mass is 362 g/mol. The highest BCUT2D eigenvalue weighted by molar-refractivity contribution is 7.19. The summed E-state index contributed by atoms with van der Waals surface area (Å²) in [5.41, 5.74) is 2.02. The van der Waals surface area contributed by atoms with Crippen molar-refractivity contribution in [2.24, 2.45) is 0 Å². The third-order valence-electron chi connectivity index (χ3n) is 3.44. The molecule has 0 fully saturated rings. The summed E-state index contributed by atoms with van der Waals surface area (Å²) in [6.07, 6.45) is 2.58. The van der Waals surface area contributed by atoms with Crippen LogP contribution in [0.1, 0.15) is 18.4 Å². The first kappa shape index (κ1) is 18.7. The van der Waals surface area contributed by atoms with Gasteiger partial charge in [0.15, 0.2) is 5.13 Å². The molecule has 7 nitrogen and oxygen atoms in total. The Morgan fingerprint density at radius 2 is 1.96 bits per heavy atom. The van der Waals surface area contributed by atoms with E-state index in [0.717, 1.165) is 16.3 Å². The van der Waals surface area contributed by atoms with Crippen molar-refractivity contribution in [2.45, 2.75) is 19.3 Å². The van der Waals surface area contributed by atoms with Crippen molar-refractivity contribution in [1.29, 1.82) is 0 Å². The zero-order valence-corrected chi connectivity index (χ0v) is 15.1. The number of carbonyl (C=O) groups is 2. The van der Waals surface area contributed by atoms with Crippen molar-refractivity contribution < 1.29 is 14.7 Å². The summed E-state index contributed by atoms with van der Waals surface area (Å²) < 4.78 is 0. The van der Waals surface area contributed by atoms with E-state index in [9.17, 15) is 9.59 Å². The van der Waals surface area contributed by atoms with E-state index in [0.29, 0.717) is 18.1 Å². The molecule has 0 atom stereocenters. The van der Waals surface area contributed by atoms with E-state index in [-0.39, 0.29) is 18.7 Å². The van der Waals surface area contributed by atoms with Gasteiger partial charge in [-0.3, -0.25) is 9.59 Å². The first-order valence-corrected chi connectivity index (χ1v) is 8.73. The number of carboxylic acid groups (broad SMARTS) is 1. The van der Waals surface area contributed by atoms with Crippen LogP contribution < -0.4 is 15.5 Å². The van der Waals surface area contributed by atoms with Gasteiger partial charge >= 0.3 is 5.97 Å². The summed E-state index contributed by atoms with van der Waals surface area (Å²) in [5, 5.41) is 15.8. The lowest BCUT2D eigenvalue weighted by atomic mass is 10.1. The zero-order chi connectivity index (χ0) is 18.2. The number of nitrogens with one attached hydrogen (secondary N) is 2. The van der Waals surface area contributed by atoms with E-state index in [1.807, 2.05) is 43.3 Å². The van der Waals surface area contributed by atoms with Crippen LogP contribution in [0.15, 0.2) is 30.5 Å². The second-order valence-electron chi connectivity index (χ2n) is 5.74. The lowest BCUT2D eigenvalue weighted by molar-refractivity contribution is -0.137. The minimum Gasteiger partial charge on any atom is -0.481 e. The largest absolute Gasteiger partial charge is 0.481 e. The predicted octanol–water partition coefficient (Wildman–Crippen LogP) is 2.67. The maximum absolute atomic E-state index is 12.1. The Bertz CT molecular complexity index is 713. The molecule has 134 valence electrons. The molecule has 0 spiro atoms. The second-order valence-corrected chi connectivity index (χ2v) is 6.77. The number of carbonyl (C=O) groups excluding carboxylic acids is 1. The third kappa shape index (κ3) is 6.42. The van der Waals surface area contributed by atoms with Gasteiger partial charge in [0.25, 0.3) is 0 Å². The van der Waals surface area contributed by atoms with E-state index in [1.54, 1.807) is 6.20 Å². The number of hydrogen-bond donors (Lipinski definition) is 3. The minimum absolute atomic E-state index is 0.121. The fourth-order valence-corrected chi connectivity index (χ4v) is 2.88. The quantitative estimate of drug-likeness (QED) is 0.594. The van der Waals surface area contributed by atoms with Gasteiger partial charge in [-0.2, -0.15) is 0 Å². The van der Waals surface area contributed by atoms with Crippen molar-refractivity contribution in [2.75, 3.05) is 36.2 Å². The number of nitrogens with zero attached hydrogens (tertiary/aromatic N) is 2. The van der Waals surface area contributed by atoms with Gasteiger partial charge in [0, 0.05) is 32.7 Å². The first-order chi connectivity index (χ1) is 11.9. The van der Waals surface area contributed by atoms with Crippen molar-refractivity contribution in [3.63, 3.8) is 0 Å². The summed E-state index contributed by atoms with van der Waals surface area (Å²) >= 11 is 1.33. The normalized spacial score (nSPS) is 10.3. The van der Waals surface area contributed by atoms with Crippen LogP contribution in [0.25, 0.3) is 0 Å². The summed E-state index contributed by atoms with van der Waals surface area (Å²) in [6.45, 7) is 0.556. The van der Waals surface area contributed by atoms with Crippen LogP contribution in [-0.4, -0.2) is 42.6 Å². The average Bonchev–Trinajstić information content (AvgIpc) is 2.99. The maximum atomic E-state index is 12.1. The predicted molar refractivity (Wildman–Crippen MR) is 101 cm³/mol. The molecular weight excluding hydrogens is 340 g/mol. The number of amides is 1. The van der Waals surface area contributed by atoms with Crippen molar-refractivity contribution >= 4 is 39.0 Å². The zero-order valence-electron chi connectivity index (χ0n) is 14.3. The molecule has 0 saturated heterocycles. The number of benzene rings is 1. The molecule has 0 saturated carbocycles. The van der Waals surface area contributed by atoms with Gasteiger partial charge in [0.1, 0.15) is 5.00 Å². The smallest absolute Gasteiger partial charge is 0.303 e. The van der Waals surface area contributed by atoms with Crippen LogP contribution in [0, 0.1) is 0 Å². The van der Waals surface area contributed by atoms with Crippen molar-refractivity contribution in [1.82, 2.24) is 4.98 Å². The Morgan fingerprint density at radius 3 is 2.60 bits per heavy atom. The van der Waals surface area contributed by atoms with Gasteiger partial charge < -0.3 is 20.6 Å². The molecule has 25 heavy (non-hydrogen) atoms. The van der Waals surface area contributed by atoms with Gasteiger partial charge in [-0.05, 0) is 24.1 Å². The van der Waals surface area contributed by atoms with Gasteiger partial charge in [-0.25, -0.2) is 4.98 Å². The van der Waals surface area contributed by atoms with Crippen LogP contribution in [-0.2, 0) is 16.0 Å². The number of anilines is 3. The SMILES string of the molecule is CN(C)c1ccc(CC(=O)Nc2ncc(NCCCC(=O)O)s2)cc1. The topological polar surface area (TPSA) is 94.6 Å². The van der Waals surface area contributed by atoms with Crippen LogP contribution >= 0.6 is 11.3 Å². The van der Waals surface area contributed by atoms with Gasteiger partial charge in [-0.1, -0.05) is 23.5 Å². The van der Waals surface area contributed by atoms with E-state index in [2.05, 4.69) is 15.6 Å². The van der Waals surface area contributed by atoms with Crippen LogP contribution in [0.5, 0.6) is 0 Å². The summed E-state index contributed by atoms with van der Waals surface area (Å²) in [5.74, 6) is -0.929. The number of rotatable bonds is 9. The van der Waals surface area contributed by atoms with Crippen LogP contribution in [0.2, 0.25) is 0 Å². The highest BCUT2D eigenvalue weighted by Crippen LogP contribution is 2.23. The summed E-state index contributed by atoms with van der Waals surface area (Å²) in [6, 6.07) is 7.83. The Balaban J connectivity index is 1.79. The van der Waals surface area contributed by atoms with E-state index in [4.69, 9.17) is 5.11 Å². The third-order valence-corrected chi connectivity index (χ3v) is 4.31. The molecule has 0 bridgehead atoms. The number of aromatic nitrogens is 1. The lowest BCUT2D eigenvalue weighted by Crippen LogP contribution is -2.14. The Kier molecular flexibility index (Phi) is 6.76. The molecule has 2 aromatic rings. The molecule has 0 aliphatic heterocycles. The Labute approximate surface area is 150 Å². The fraction of sp³-hybridized carbons (Fsp3) is 0.353. The molecule has 0 unspecified atom stereocenters. The second kappa shape index (κ2) is 9.03. The first-order valence-electron chi connectivity index (χ1n) is 7.91. The molecule has 8 heteroatoms. The molecule has 0 radical (unpaired) electrons. The van der Waals surface area contributed by atoms with Gasteiger partial charge in [0.2, 0.25) is 5.91 Å². The molecule has 2 rings (SSSR count). The standard InChI is InChI=1S/C17H22N4O3S/c1-21(2)13-7-5-12(6-8-13)10-14(22)20-17-19-11-15(25-17)18-9-3-4-16(23)24/h5-8,11,18H,3-4,9-10H2,1-2H3,(H,23,24)(H,19,20,22). The van der Waals surface area contributed by atoms with Gasteiger partial charge in [-0.15, -0.1) is 0 Å². The fourth-order valence-electron chi connectivity index (χ4n) is 2.13. The molecule has 1 amide bonds. The van der Waals surface area contributed by atoms with E-state index in [1.165, 1.54) is 11.3 Å². The molecule has 1 aromatic carbocycles.